The van der Waals surface area contributed by atoms with Crippen molar-refractivity contribution in [3.05, 3.63) is 24.3 Å². The fraction of sp³-hybridized carbons (Fsp3) is 0.500. The molecule has 3 heteroatoms. The maximum absolute atomic E-state index is 4.47. The molecule has 0 aliphatic heterocycles. The molecule has 2 nitrogen and oxygen atoms in total. The lowest BCUT2D eigenvalue weighted by Crippen LogP contribution is -2.08. The number of hydrogen-bond donors (Lipinski definition) is 1. The minimum atomic E-state index is 0.359. The molecule has 0 unspecified atom stereocenters. The van der Waals surface area contributed by atoms with Crippen molar-refractivity contribution >= 4 is 27.4 Å². The first-order chi connectivity index (χ1) is 7.94. The van der Waals surface area contributed by atoms with Gasteiger partial charge in [0.2, 0.25) is 0 Å². The smallest absolute Gasteiger partial charge is 0.117 e. The maximum Gasteiger partial charge on any atom is 0.117 e. The number of hydrogen-bond acceptors (Lipinski definition) is 3. The molecule has 0 radical (unpaired) electrons. The van der Waals surface area contributed by atoms with E-state index < -0.39 is 0 Å². The van der Waals surface area contributed by atoms with Crippen LogP contribution in [0.2, 0.25) is 0 Å². The molecular weight excluding hydrogens is 228 g/mol. The lowest BCUT2D eigenvalue weighted by atomic mass is 10.0. The Labute approximate surface area is 106 Å². The highest BCUT2D eigenvalue weighted by molar-refractivity contribution is 7.11. The van der Waals surface area contributed by atoms with Gasteiger partial charge >= 0.3 is 0 Å². The molecule has 0 spiro atoms. The first-order valence-electron chi connectivity index (χ1n) is 6.05. The molecule has 2 aromatic rings. The van der Waals surface area contributed by atoms with Gasteiger partial charge in [-0.05, 0) is 34.5 Å². The summed E-state index contributed by atoms with van der Waals surface area (Å²) in [6.07, 6.45) is 0. The Morgan fingerprint density at radius 3 is 2.41 bits per heavy atom. The zero-order valence-electron chi connectivity index (χ0n) is 10.7. The van der Waals surface area contributed by atoms with E-state index in [1.165, 1.54) is 10.4 Å². The molecular formula is C14H18N2S. The number of fused-ring (bicyclic) bond motifs is 1. The van der Waals surface area contributed by atoms with Crippen LogP contribution in [0, 0.1) is 10.8 Å². The van der Waals surface area contributed by atoms with Crippen molar-refractivity contribution in [1.82, 2.24) is 4.37 Å². The van der Waals surface area contributed by atoms with Crippen molar-refractivity contribution in [1.29, 1.82) is 0 Å². The second kappa shape index (κ2) is 3.22. The topological polar surface area (TPSA) is 24.9 Å². The molecule has 1 aromatic carbocycles. The Morgan fingerprint density at radius 2 is 1.76 bits per heavy atom. The molecule has 0 saturated heterocycles. The number of benzene rings is 1. The van der Waals surface area contributed by atoms with Crippen LogP contribution in [0.4, 0.5) is 5.00 Å². The van der Waals surface area contributed by atoms with Gasteiger partial charge in [-0.25, -0.2) is 0 Å². The van der Waals surface area contributed by atoms with E-state index in [0.29, 0.717) is 16.9 Å². The number of anilines is 1. The summed E-state index contributed by atoms with van der Waals surface area (Å²) in [5.74, 6) is 0. The van der Waals surface area contributed by atoms with E-state index in [0.717, 1.165) is 5.52 Å². The van der Waals surface area contributed by atoms with Crippen LogP contribution in [0.5, 0.6) is 0 Å². The third-order valence-corrected chi connectivity index (χ3v) is 5.49. The van der Waals surface area contributed by atoms with Gasteiger partial charge in [-0.1, -0.05) is 39.8 Å². The van der Waals surface area contributed by atoms with E-state index in [9.17, 15) is 0 Å². The summed E-state index contributed by atoms with van der Waals surface area (Å²) in [7, 11) is 0. The first-order valence-corrected chi connectivity index (χ1v) is 6.83. The molecule has 90 valence electrons. The fourth-order valence-electron chi connectivity index (χ4n) is 2.68. The first kappa shape index (κ1) is 11.0. The lowest BCUT2D eigenvalue weighted by molar-refractivity contribution is 0.457. The SMILES string of the molecule is CC1(C)C(Nc2snc3ccccc23)C1(C)C. The largest absolute Gasteiger partial charge is 0.371 e. The molecule has 1 fully saturated rings. The third-order valence-electron chi connectivity index (χ3n) is 4.68. The molecule has 1 aromatic heterocycles. The highest BCUT2D eigenvalue weighted by atomic mass is 32.1. The molecule has 1 N–H and O–H groups in total. The van der Waals surface area contributed by atoms with Crippen molar-refractivity contribution < 1.29 is 0 Å². The Kier molecular flexibility index (Phi) is 2.09. The number of aromatic nitrogens is 1. The average molecular weight is 246 g/mol. The lowest BCUT2D eigenvalue weighted by Gasteiger charge is -2.05. The molecule has 0 bridgehead atoms. The van der Waals surface area contributed by atoms with Gasteiger partial charge in [0, 0.05) is 11.4 Å². The Bertz CT molecular complexity index is 554. The summed E-state index contributed by atoms with van der Waals surface area (Å²) in [5, 5.41) is 6.13. The Balaban J connectivity index is 1.93. The maximum atomic E-state index is 4.47. The Hall–Kier alpha value is -1.09. The van der Waals surface area contributed by atoms with Gasteiger partial charge < -0.3 is 5.32 Å². The molecule has 0 amide bonds. The van der Waals surface area contributed by atoms with Crippen LogP contribution in [-0.2, 0) is 0 Å². The zero-order valence-corrected chi connectivity index (χ0v) is 11.6. The highest BCUT2D eigenvalue weighted by Gasteiger charge is 2.65. The van der Waals surface area contributed by atoms with E-state index in [-0.39, 0.29) is 0 Å². The van der Waals surface area contributed by atoms with Crippen molar-refractivity contribution in [3.8, 4) is 0 Å². The molecule has 17 heavy (non-hydrogen) atoms. The van der Waals surface area contributed by atoms with E-state index >= 15 is 0 Å². The van der Waals surface area contributed by atoms with Gasteiger partial charge in [0.25, 0.3) is 0 Å². The third kappa shape index (κ3) is 1.41. The van der Waals surface area contributed by atoms with E-state index in [2.05, 4.69) is 55.6 Å². The van der Waals surface area contributed by atoms with Crippen LogP contribution in [0.25, 0.3) is 10.9 Å². The minimum absolute atomic E-state index is 0.359. The predicted octanol–water partition coefficient (Wildman–Crippen LogP) is 4.14. The van der Waals surface area contributed by atoms with Crippen LogP contribution < -0.4 is 5.32 Å². The summed E-state index contributed by atoms with van der Waals surface area (Å²) in [6, 6.07) is 8.87. The molecule has 1 heterocycles. The van der Waals surface area contributed by atoms with Gasteiger partial charge in [-0.15, -0.1) is 0 Å². The van der Waals surface area contributed by atoms with Gasteiger partial charge in [-0.2, -0.15) is 4.37 Å². The summed E-state index contributed by atoms with van der Waals surface area (Å²) in [4.78, 5) is 0. The van der Waals surface area contributed by atoms with E-state index in [1.807, 2.05) is 6.07 Å². The predicted molar refractivity (Wildman–Crippen MR) is 74.6 cm³/mol. The second-order valence-electron chi connectivity index (χ2n) is 6.05. The molecule has 1 saturated carbocycles. The van der Waals surface area contributed by atoms with Crippen molar-refractivity contribution in [2.75, 3.05) is 5.32 Å². The Morgan fingerprint density at radius 1 is 1.12 bits per heavy atom. The minimum Gasteiger partial charge on any atom is -0.371 e. The number of rotatable bonds is 2. The van der Waals surface area contributed by atoms with E-state index in [1.54, 1.807) is 11.5 Å². The van der Waals surface area contributed by atoms with Crippen LogP contribution in [0.3, 0.4) is 0 Å². The molecule has 0 atom stereocenters. The highest BCUT2D eigenvalue weighted by Crippen LogP contribution is 2.64. The summed E-state index contributed by atoms with van der Waals surface area (Å²) < 4.78 is 4.47. The summed E-state index contributed by atoms with van der Waals surface area (Å²) >= 11 is 1.57. The standard InChI is InChI=1S/C14H18N2S/c1-13(2)12(14(13,3)4)15-11-9-7-5-6-8-10(9)16-17-11/h5-8,12,15H,1-4H3. The van der Waals surface area contributed by atoms with Crippen molar-refractivity contribution in [2.24, 2.45) is 10.8 Å². The van der Waals surface area contributed by atoms with Crippen LogP contribution >= 0.6 is 11.5 Å². The second-order valence-corrected chi connectivity index (χ2v) is 6.82. The number of nitrogens with zero attached hydrogens (tertiary/aromatic N) is 1. The van der Waals surface area contributed by atoms with Crippen molar-refractivity contribution in [2.45, 2.75) is 33.7 Å². The van der Waals surface area contributed by atoms with Crippen LogP contribution in [0.1, 0.15) is 27.7 Å². The van der Waals surface area contributed by atoms with Gasteiger partial charge in [0.15, 0.2) is 0 Å². The van der Waals surface area contributed by atoms with Crippen molar-refractivity contribution in [3.63, 3.8) is 0 Å². The monoisotopic (exact) mass is 246 g/mol. The fourth-order valence-corrected chi connectivity index (χ4v) is 3.47. The summed E-state index contributed by atoms with van der Waals surface area (Å²) in [5.41, 5.74) is 1.81. The normalized spacial score (nSPS) is 21.6. The van der Waals surface area contributed by atoms with Crippen LogP contribution in [-0.4, -0.2) is 10.4 Å². The van der Waals surface area contributed by atoms with Crippen LogP contribution in [0.15, 0.2) is 24.3 Å². The zero-order chi connectivity index (χ0) is 12.3. The molecule has 3 rings (SSSR count). The molecule has 1 aliphatic carbocycles. The van der Waals surface area contributed by atoms with Gasteiger partial charge in [-0.3, -0.25) is 0 Å². The van der Waals surface area contributed by atoms with Gasteiger partial charge in [0.1, 0.15) is 5.00 Å². The summed E-state index contributed by atoms with van der Waals surface area (Å²) in [6.45, 7) is 9.31. The quantitative estimate of drug-likeness (QED) is 0.861. The van der Waals surface area contributed by atoms with Gasteiger partial charge in [0.05, 0.1) is 5.52 Å². The number of nitrogens with one attached hydrogen (secondary N) is 1. The molecule has 1 aliphatic rings. The average Bonchev–Trinajstić information content (AvgIpc) is 2.65. The van der Waals surface area contributed by atoms with E-state index in [4.69, 9.17) is 0 Å².